The number of allylic oxidation sites excluding steroid dienone is 1. The van der Waals surface area contributed by atoms with Crippen molar-refractivity contribution >= 4 is 23.4 Å². The van der Waals surface area contributed by atoms with E-state index in [1.165, 1.54) is 6.33 Å². The number of rotatable bonds is 9. The van der Waals surface area contributed by atoms with Gasteiger partial charge in [-0.2, -0.15) is 5.10 Å². The molecular weight excluding hydrogens is 652 g/mol. The number of carboxylic acid groups (broad SMARTS) is 1. The Labute approximate surface area is 305 Å². The van der Waals surface area contributed by atoms with Gasteiger partial charge < -0.3 is 19.5 Å². The second kappa shape index (κ2) is 12.4. The minimum atomic E-state index is -1.06. The number of carboxylic acids is 1. The molecule has 2 bridgehead atoms. The molecule has 2 heterocycles. The van der Waals surface area contributed by atoms with Crippen molar-refractivity contribution in [1.82, 2.24) is 19.7 Å². The molecule has 1 aromatic rings. The molecule has 10 heteroatoms. The summed E-state index contributed by atoms with van der Waals surface area (Å²) in [5, 5.41) is 16.1. The van der Waals surface area contributed by atoms with Crippen LogP contribution in [0.25, 0.3) is 0 Å². The SMILES string of the molecule is CC(C)[C@@H](C)[C@@]1(C)CC[C@]2(C)[C@H]3CC[C@@H]4[C@@]5(C)COC[C@@]4(C3=CC(=O)[C@@]2(C)[C@@H]1C(=O)O)[C@@H](OCC(C)(C(C)C)N(C)C)[C@H](n1ncnc1Cl)C5. The van der Waals surface area contributed by atoms with E-state index in [2.05, 4.69) is 91.4 Å². The van der Waals surface area contributed by atoms with Crippen LogP contribution in [-0.2, 0) is 19.1 Å². The molecule has 1 aromatic heterocycles. The van der Waals surface area contributed by atoms with Gasteiger partial charge in [0.2, 0.25) is 5.28 Å². The highest BCUT2D eigenvalue weighted by molar-refractivity contribution is 6.28. The smallest absolute Gasteiger partial charge is 0.308 e. The molecule has 0 amide bonds. The molecule has 9 nitrogen and oxygen atoms in total. The van der Waals surface area contributed by atoms with Gasteiger partial charge in [-0.25, -0.2) is 9.67 Å². The summed E-state index contributed by atoms with van der Waals surface area (Å²) in [6.07, 6.45) is 7.24. The summed E-state index contributed by atoms with van der Waals surface area (Å²) in [7, 11) is 4.21. The average molecular weight is 715 g/mol. The number of aromatic nitrogens is 3. The molecule has 1 unspecified atom stereocenters. The molecule has 280 valence electrons. The third-order valence-electron chi connectivity index (χ3n) is 16.6. The molecule has 1 N–H and O–H groups in total. The highest BCUT2D eigenvalue weighted by Gasteiger charge is 2.74. The molecule has 1 saturated heterocycles. The number of carbonyl (C=O) groups excluding carboxylic acids is 1. The van der Waals surface area contributed by atoms with Crippen LogP contribution in [-0.4, -0.2) is 82.1 Å². The largest absolute Gasteiger partial charge is 0.481 e. The van der Waals surface area contributed by atoms with E-state index in [-0.39, 0.29) is 40.5 Å². The molecule has 3 saturated carbocycles. The van der Waals surface area contributed by atoms with Crippen molar-refractivity contribution in [1.29, 1.82) is 0 Å². The molecule has 50 heavy (non-hydrogen) atoms. The molecular formula is C40H63ClN4O5. The molecule has 0 aromatic carbocycles. The summed E-state index contributed by atoms with van der Waals surface area (Å²) in [5.74, 6) is -0.737. The van der Waals surface area contributed by atoms with Crippen molar-refractivity contribution in [2.24, 2.45) is 62.6 Å². The van der Waals surface area contributed by atoms with Gasteiger partial charge in [-0.15, -0.1) is 0 Å². The van der Waals surface area contributed by atoms with Crippen LogP contribution in [0.1, 0.15) is 107 Å². The summed E-state index contributed by atoms with van der Waals surface area (Å²) in [6.45, 7) is 23.5. The lowest BCUT2D eigenvalue weighted by Gasteiger charge is -2.71. The summed E-state index contributed by atoms with van der Waals surface area (Å²) < 4.78 is 15.9. The third-order valence-corrected chi connectivity index (χ3v) is 16.8. The van der Waals surface area contributed by atoms with Gasteiger partial charge in [0, 0.05) is 16.4 Å². The van der Waals surface area contributed by atoms with Crippen LogP contribution in [0.3, 0.4) is 0 Å². The van der Waals surface area contributed by atoms with Crippen molar-refractivity contribution in [3.8, 4) is 0 Å². The maximum atomic E-state index is 15.2. The maximum absolute atomic E-state index is 15.2. The zero-order chi connectivity index (χ0) is 37.0. The first-order chi connectivity index (χ1) is 23.2. The quantitative estimate of drug-likeness (QED) is 0.279. The van der Waals surface area contributed by atoms with E-state index in [1.54, 1.807) is 0 Å². The van der Waals surface area contributed by atoms with Crippen molar-refractivity contribution < 1.29 is 24.2 Å². The van der Waals surface area contributed by atoms with Gasteiger partial charge >= 0.3 is 5.97 Å². The molecule has 4 aliphatic carbocycles. The van der Waals surface area contributed by atoms with Crippen molar-refractivity contribution in [3.05, 3.63) is 23.3 Å². The zero-order valence-electron chi connectivity index (χ0n) is 32.7. The van der Waals surface area contributed by atoms with Crippen LogP contribution in [0, 0.1) is 62.6 Å². The average Bonchev–Trinajstić information content (AvgIpc) is 3.46. The number of halogens is 1. The first-order valence-corrected chi connectivity index (χ1v) is 19.5. The predicted octanol–water partition coefficient (Wildman–Crippen LogP) is 7.60. The van der Waals surface area contributed by atoms with E-state index in [0.717, 1.165) is 37.7 Å². The van der Waals surface area contributed by atoms with Crippen molar-refractivity contribution in [2.75, 3.05) is 33.9 Å². The normalized spacial score (nSPS) is 43.2. The van der Waals surface area contributed by atoms with Gasteiger partial charge in [0.25, 0.3) is 0 Å². The van der Waals surface area contributed by atoms with Crippen LogP contribution >= 0.6 is 11.6 Å². The monoisotopic (exact) mass is 714 g/mol. The van der Waals surface area contributed by atoms with Crippen molar-refractivity contribution in [3.63, 3.8) is 0 Å². The Morgan fingerprint density at radius 1 is 1.14 bits per heavy atom. The minimum absolute atomic E-state index is 0.00885. The van der Waals surface area contributed by atoms with E-state index in [4.69, 9.17) is 21.1 Å². The summed E-state index contributed by atoms with van der Waals surface area (Å²) >= 11 is 6.79. The second-order valence-electron chi connectivity index (χ2n) is 19.1. The van der Waals surface area contributed by atoms with E-state index in [0.29, 0.717) is 36.9 Å². The first-order valence-electron chi connectivity index (χ1n) is 19.1. The molecule has 0 radical (unpaired) electrons. The fraction of sp³-hybridized carbons (Fsp3) is 0.850. The van der Waals surface area contributed by atoms with Gasteiger partial charge in [-0.1, -0.05) is 67.9 Å². The van der Waals surface area contributed by atoms with Crippen LogP contribution < -0.4 is 0 Å². The summed E-state index contributed by atoms with van der Waals surface area (Å²) in [6, 6.07) is -0.224. The Bertz CT molecular complexity index is 1530. The fourth-order valence-electron chi connectivity index (χ4n) is 12.4. The number of nitrogens with zero attached hydrogens (tertiary/aromatic N) is 4. The van der Waals surface area contributed by atoms with Crippen LogP contribution in [0.2, 0.25) is 5.28 Å². The Morgan fingerprint density at radius 3 is 2.38 bits per heavy atom. The lowest BCUT2D eigenvalue weighted by molar-refractivity contribution is -0.254. The van der Waals surface area contributed by atoms with Crippen molar-refractivity contribution in [2.45, 2.75) is 119 Å². The molecule has 5 aliphatic rings. The van der Waals surface area contributed by atoms with Crippen LogP contribution in [0.15, 0.2) is 18.0 Å². The first kappa shape index (κ1) is 37.9. The highest BCUT2D eigenvalue weighted by atomic mass is 35.5. The fourth-order valence-corrected chi connectivity index (χ4v) is 12.6. The highest BCUT2D eigenvalue weighted by Crippen LogP contribution is 2.75. The van der Waals surface area contributed by atoms with E-state index < -0.39 is 39.7 Å². The number of carbonyl (C=O) groups is 2. The van der Waals surface area contributed by atoms with E-state index in [9.17, 15) is 9.90 Å². The van der Waals surface area contributed by atoms with Crippen LogP contribution in [0.5, 0.6) is 0 Å². The maximum Gasteiger partial charge on any atom is 0.308 e. The third kappa shape index (κ3) is 4.94. The second-order valence-corrected chi connectivity index (χ2v) is 19.5. The van der Waals surface area contributed by atoms with Gasteiger partial charge in [-0.05, 0) is 117 Å². The van der Waals surface area contributed by atoms with Gasteiger partial charge in [0.15, 0.2) is 5.78 Å². The van der Waals surface area contributed by atoms with E-state index >= 15 is 4.79 Å². The number of hydrogen-bond acceptors (Lipinski definition) is 7. The van der Waals surface area contributed by atoms with E-state index in [1.807, 2.05) is 17.7 Å². The summed E-state index contributed by atoms with van der Waals surface area (Å²) in [5.41, 5.74) is -2.12. The number of ketones is 1. The molecule has 0 spiro atoms. The number of likely N-dealkylation sites (N-methyl/N-ethyl adjacent to an activating group) is 1. The Morgan fingerprint density at radius 2 is 1.82 bits per heavy atom. The lowest BCUT2D eigenvalue weighted by atomic mass is 9.34. The molecule has 6 rings (SSSR count). The van der Waals surface area contributed by atoms with Crippen LogP contribution in [0.4, 0.5) is 0 Å². The van der Waals surface area contributed by atoms with Gasteiger partial charge in [0.05, 0.1) is 37.9 Å². The Hall–Kier alpha value is -1.81. The minimum Gasteiger partial charge on any atom is -0.481 e. The number of hydrogen-bond donors (Lipinski definition) is 1. The number of ether oxygens (including phenoxy) is 2. The summed E-state index contributed by atoms with van der Waals surface area (Å²) in [4.78, 5) is 35.3. The van der Waals surface area contributed by atoms with Gasteiger partial charge in [-0.3, -0.25) is 9.59 Å². The molecule has 4 fully saturated rings. The molecule has 12 atom stereocenters. The topological polar surface area (TPSA) is 107 Å². The van der Waals surface area contributed by atoms with Gasteiger partial charge in [0.1, 0.15) is 6.33 Å². The lowest BCUT2D eigenvalue weighted by Crippen LogP contribution is -2.71. The number of fused-ring (bicyclic) bond motifs is 3. The standard InChI is InChI=1S/C40H63ClN4O5/c1-23(2)25(5)36(7)15-16-37(8)26-13-14-29-35(6)18-28(45-34(41)42-22-43-45)32(50-20-38(9,24(3)4)44(11)12)40(29,21-49-19-35)27(26)17-30(46)39(37,10)31(36)33(47)48/h17,22-26,28-29,31-32H,13-16,18-21H2,1-12H3,(H,47,48)/t25-,26+,28-,29-,31-,32+,35-,36-,37-,38?,39+,40+/m1/s1. The predicted molar refractivity (Wildman–Crippen MR) is 195 cm³/mol. The molecule has 1 aliphatic heterocycles. The number of aliphatic carboxylic acids is 1. The Balaban J connectivity index is 1.56. The zero-order valence-corrected chi connectivity index (χ0v) is 33.4. The Kier molecular flexibility index (Phi) is 9.39.